The van der Waals surface area contributed by atoms with Crippen LogP contribution >= 0.6 is 11.6 Å². The predicted molar refractivity (Wildman–Crippen MR) is 93.2 cm³/mol. The standard InChI is InChI=1S/C18H19ClN2O3/c1-24-16-5-3-2-4-14(16)12-21-17(22)10-11-20-18(23)13-6-8-15(19)9-7-13/h2-9H,10-12H2,1H3,(H,20,23)(H,21,22). The van der Waals surface area contributed by atoms with Crippen LogP contribution in [0.5, 0.6) is 5.75 Å². The fraction of sp³-hybridized carbons (Fsp3) is 0.222. The smallest absolute Gasteiger partial charge is 0.251 e. The highest BCUT2D eigenvalue weighted by atomic mass is 35.5. The van der Waals surface area contributed by atoms with Gasteiger partial charge in [-0.25, -0.2) is 0 Å². The zero-order chi connectivity index (χ0) is 17.4. The maximum Gasteiger partial charge on any atom is 0.251 e. The van der Waals surface area contributed by atoms with Crippen LogP contribution in [0.15, 0.2) is 48.5 Å². The third kappa shape index (κ3) is 5.28. The summed E-state index contributed by atoms with van der Waals surface area (Å²) in [6, 6.07) is 14.1. The van der Waals surface area contributed by atoms with Gasteiger partial charge in [0.15, 0.2) is 0 Å². The Morgan fingerprint density at radius 1 is 1.04 bits per heavy atom. The highest BCUT2D eigenvalue weighted by Gasteiger charge is 2.07. The Balaban J connectivity index is 1.73. The molecule has 0 unspecified atom stereocenters. The van der Waals surface area contributed by atoms with Crippen molar-refractivity contribution in [2.75, 3.05) is 13.7 Å². The van der Waals surface area contributed by atoms with Crippen LogP contribution in [0.25, 0.3) is 0 Å². The van der Waals surface area contributed by atoms with Crippen LogP contribution in [-0.4, -0.2) is 25.5 Å². The lowest BCUT2D eigenvalue weighted by Gasteiger charge is -2.10. The minimum Gasteiger partial charge on any atom is -0.496 e. The summed E-state index contributed by atoms with van der Waals surface area (Å²) in [5, 5.41) is 6.08. The van der Waals surface area contributed by atoms with Gasteiger partial charge in [0.1, 0.15) is 5.75 Å². The molecule has 2 amide bonds. The molecule has 5 nitrogen and oxygen atoms in total. The van der Waals surface area contributed by atoms with Crippen molar-refractivity contribution in [1.29, 1.82) is 0 Å². The van der Waals surface area contributed by atoms with E-state index in [9.17, 15) is 9.59 Å². The lowest BCUT2D eigenvalue weighted by molar-refractivity contribution is -0.121. The number of nitrogens with one attached hydrogen (secondary N) is 2. The number of amides is 2. The molecule has 0 atom stereocenters. The first-order valence-electron chi connectivity index (χ1n) is 7.52. The maximum atomic E-state index is 11.9. The average molecular weight is 347 g/mol. The zero-order valence-electron chi connectivity index (χ0n) is 13.3. The highest BCUT2D eigenvalue weighted by Crippen LogP contribution is 2.16. The average Bonchev–Trinajstić information content (AvgIpc) is 2.60. The van der Waals surface area contributed by atoms with E-state index in [-0.39, 0.29) is 24.8 Å². The molecule has 2 aromatic carbocycles. The Kier molecular flexibility index (Phi) is 6.63. The number of ether oxygens (including phenoxy) is 1. The molecule has 6 heteroatoms. The molecule has 0 heterocycles. The summed E-state index contributed by atoms with van der Waals surface area (Å²) in [6.45, 7) is 0.646. The van der Waals surface area contributed by atoms with Crippen LogP contribution in [0, 0.1) is 0 Å². The van der Waals surface area contributed by atoms with Crippen molar-refractivity contribution in [2.45, 2.75) is 13.0 Å². The number of hydrogen-bond donors (Lipinski definition) is 2. The monoisotopic (exact) mass is 346 g/mol. The van der Waals surface area contributed by atoms with Crippen LogP contribution < -0.4 is 15.4 Å². The Bertz CT molecular complexity index is 702. The number of hydrogen-bond acceptors (Lipinski definition) is 3. The molecule has 24 heavy (non-hydrogen) atoms. The van der Waals surface area contributed by atoms with Gasteiger partial charge in [-0.1, -0.05) is 29.8 Å². The van der Waals surface area contributed by atoms with E-state index < -0.39 is 0 Å². The van der Waals surface area contributed by atoms with E-state index in [0.29, 0.717) is 17.1 Å². The van der Waals surface area contributed by atoms with Crippen LogP contribution in [0.3, 0.4) is 0 Å². The number of carbonyl (C=O) groups is 2. The van der Waals surface area contributed by atoms with E-state index in [0.717, 1.165) is 11.3 Å². The summed E-state index contributed by atoms with van der Waals surface area (Å²) in [6.07, 6.45) is 0.203. The second-order valence-electron chi connectivity index (χ2n) is 5.10. The molecule has 0 fully saturated rings. The van der Waals surface area contributed by atoms with Gasteiger partial charge in [0.25, 0.3) is 5.91 Å². The molecule has 0 radical (unpaired) electrons. The van der Waals surface area contributed by atoms with Gasteiger partial charge in [0, 0.05) is 35.7 Å². The molecule has 2 N–H and O–H groups in total. The molecule has 0 aliphatic heterocycles. The first-order valence-corrected chi connectivity index (χ1v) is 7.90. The van der Waals surface area contributed by atoms with Gasteiger partial charge in [-0.15, -0.1) is 0 Å². The number of carbonyl (C=O) groups excluding carboxylic acids is 2. The van der Waals surface area contributed by atoms with E-state index in [4.69, 9.17) is 16.3 Å². The fourth-order valence-corrected chi connectivity index (χ4v) is 2.25. The van der Waals surface area contributed by atoms with Crippen molar-refractivity contribution in [3.05, 3.63) is 64.7 Å². The van der Waals surface area contributed by atoms with Crippen molar-refractivity contribution in [3.63, 3.8) is 0 Å². The van der Waals surface area contributed by atoms with Crippen molar-refractivity contribution in [2.24, 2.45) is 0 Å². The van der Waals surface area contributed by atoms with Gasteiger partial charge in [0.05, 0.1) is 7.11 Å². The minimum absolute atomic E-state index is 0.141. The molecule has 0 saturated heterocycles. The first kappa shape index (κ1) is 17.8. The zero-order valence-corrected chi connectivity index (χ0v) is 14.1. The maximum absolute atomic E-state index is 11.9. The van der Waals surface area contributed by atoms with Crippen molar-refractivity contribution in [3.8, 4) is 5.75 Å². The fourth-order valence-electron chi connectivity index (χ4n) is 2.12. The van der Waals surface area contributed by atoms with E-state index >= 15 is 0 Å². The number of rotatable bonds is 7. The molecule has 0 aliphatic rings. The lowest BCUT2D eigenvalue weighted by atomic mass is 10.2. The topological polar surface area (TPSA) is 67.4 Å². The Labute approximate surface area is 146 Å². The quantitative estimate of drug-likeness (QED) is 0.810. The SMILES string of the molecule is COc1ccccc1CNC(=O)CCNC(=O)c1ccc(Cl)cc1. The molecular weight excluding hydrogens is 328 g/mol. The van der Waals surface area contributed by atoms with E-state index in [2.05, 4.69) is 10.6 Å². The normalized spacial score (nSPS) is 10.1. The molecular formula is C18H19ClN2O3. The third-order valence-corrected chi connectivity index (χ3v) is 3.66. The molecule has 0 saturated carbocycles. The third-order valence-electron chi connectivity index (χ3n) is 3.41. The van der Waals surface area contributed by atoms with Crippen LogP contribution in [0.2, 0.25) is 5.02 Å². The van der Waals surface area contributed by atoms with Crippen LogP contribution in [-0.2, 0) is 11.3 Å². The number of methoxy groups -OCH3 is 1. The summed E-state index contributed by atoms with van der Waals surface area (Å²) in [7, 11) is 1.59. The van der Waals surface area contributed by atoms with Crippen LogP contribution in [0.4, 0.5) is 0 Å². The summed E-state index contributed by atoms with van der Waals surface area (Å²) < 4.78 is 5.23. The van der Waals surface area contributed by atoms with Crippen LogP contribution in [0.1, 0.15) is 22.3 Å². The second-order valence-corrected chi connectivity index (χ2v) is 5.54. The van der Waals surface area contributed by atoms with E-state index in [1.54, 1.807) is 31.4 Å². The van der Waals surface area contributed by atoms with Gasteiger partial charge >= 0.3 is 0 Å². The van der Waals surface area contributed by atoms with Gasteiger partial charge in [0.2, 0.25) is 5.91 Å². The van der Waals surface area contributed by atoms with Crippen molar-refractivity contribution in [1.82, 2.24) is 10.6 Å². The van der Waals surface area contributed by atoms with Gasteiger partial charge in [-0.05, 0) is 30.3 Å². The lowest BCUT2D eigenvalue weighted by Crippen LogP contribution is -2.30. The summed E-state index contributed by atoms with van der Waals surface area (Å²) in [5.41, 5.74) is 1.41. The second kappa shape index (κ2) is 8.93. The molecule has 0 aromatic heterocycles. The Morgan fingerprint density at radius 2 is 1.75 bits per heavy atom. The summed E-state index contributed by atoms with van der Waals surface area (Å²) >= 11 is 5.78. The molecule has 0 spiro atoms. The Hall–Kier alpha value is -2.53. The molecule has 2 rings (SSSR count). The van der Waals surface area contributed by atoms with E-state index in [1.807, 2.05) is 24.3 Å². The molecule has 0 aliphatic carbocycles. The largest absolute Gasteiger partial charge is 0.496 e. The highest BCUT2D eigenvalue weighted by molar-refractivity contribution is 6.30. The molecule has 126 valence electrons. The number of benzene rings is 2. The van der Waals surface area contributed by atoms with E-state index in [1.165, 1.54) is 0 Å². The molecule has 0 bridgehead atoms. The summed E-state index contributed by atoms with van der Waals surface area (Å²) in [5.74, 6) is 0.357. The predicted octanol–water partition coefficient (Wildman–Crippen LogP) is 2.78. The van der Waals surface area contributed by atoms with Gasteiger partial charge in [-0.3, -0.25) is 9.59 Å². The minimum atomic E-state index is -0.232. The number of para-hydroxylation sites is 1. The van der Waals surface area contributed by atoms with Gasteiger partial charge in [-0.2, -0.15) is 0 Å². The van der Waals surface area contributed by atoms with Crippen molar-refractivity contribution >= 4 is 23.4 Å². The number of halogens is 1. The Morgan fingerprint density at radius 3 is 2.46 bits per heavy atom. The van der Waals surface area contributed by atoms with Gasteiger partial charge < -0.3 is 15.4 Å². The van der Waals surface area contributed by atoms with Crippen molar-refractivity contribution < 1.29 is 14.3 Å². The first-order chi connectivity index (χ1) is 11.6. The molecule has 2 aromatic rings. The summed E-state index contributed by atoms with van der Waals surface area (Å²) in [4.78, 5) is 23.8.